The predicted octanol–water partition coefficient (Wildman–Crippen LogP) is 5.24. The fraction of sp³-hybridized carbons (Fsp3) is 0.579. The van der Waals surface area contributed by atoms with Gasteiger partial charge in [-0.1, -0.05) is 0 Å². The van der Waals surface area contributed by atoms with Gasteiger partial charge in [0.25, 0.3) is 0 Å². The summed E-state index contributed by atoms with van der Waals surface area (Å²) in [5.74, 6) is -0.222. The Hall–Kier alpha value is -1.60. The summed E-state index contributed by atoms with van der Waals surface area (Å²) in [5.41, 5.74) is -0.444. The van der Waals surface area contributed by atoms with Gasteiger partial charge in [0.05, 0.1) is 0 Å². The number of thiophene rings is 2. The van der Waals surface area contributed by atoms with Crippen LogP contribution in [-0.2, 0) is 11.2 Å². The number of carboxylic acid groups (broad SMARTS) is 1. The first-order chi connectivity index (χ1) is 12.2. The molecule has 5 nitrogen and oxygen atoms in total. The van der Waals surface area contributed by atoms with Crippen LogP contribution >= 0.6 is 22.7 Å². The number of carboxylic acids is 1. The van der Waals surface area contributed by atoms with Crippen molar-refractivity contribution in [1.82, 2.24) is 4.90 Å². The quantitative estimate of drug-likeness (QED) is 0.769. The van der Waals surface area contributed by atoms with Gasteiger partial charge in [-0.05, 0) is 64.5 Å². The van der Waals surface area contributed by atoms with Crippen molar-refractivity contribution >= 4 is 44.1 Å². The van der Waals surface area contributed by atoms with Crippen molar-refractivity contribution in [3.05, 3.63) is 21.9 Å². The number of piperidine rings is 1. The molecule has 1 N–H and O–H groups in total. The van der Waals surface area contributed by atoms with Gasteiger partial charge in [0.2, 0.25) is 0 Å². The van der Waals surface area contributed by atoms with E-state index in [2.05, 4.69) is 6.07 Å². The third-order valence-electron chi connectivity index (χ3n) is 4.53. The number of nitrogens with zero attached hydrogens (tertiary/aromatic N) is 1. The lowest BCUT2D eigenvalue weighted by Gasteiger charge is -2.33. The van der Waals surface area contributed by atoms with Crippen LogP contribution in [0.15, 0.2) is 12.1 Å². The zero-order valence-corrected chi connectivity index (χ0v) is 17.0. The molecule has 1 fully saturated rings. The van der Waals surface area contributed by atoms with E-state index in [9.17, 15) is 9.59 Å². The van der Waals surface area contributed by atoms with E-state index in [1.807, 2.05) is 25.7 Å². The average molecular weight is 396 g/mol. The third-order valence-corrected chi connectivity index (χ3v) is 6.88. The summed E-state index contributed by atoms with van der Waals surface area (Å²) < 4.78 is 7.58. The minimum atomic E-state index is -0.850. The van der Waals surface area contributed by atoms with Gasteiger partial charge < -0.3 is 14.7 Å². The Labute approximate surface area is 161 Å². The summed E-state index contributed by atoms with van der Waals surface area (Å²) in [6, 6.07) is 3.91. The fourth-order valence-electron chi connectivity index (χ4n) is 3.19. The number of hydrogen-bond donors (Lipinski definition) is 1. The van der Waals surface area contributed by atoms with Crippen molar-refractivity contribution in [1.29, 1.82) is 0 Å². The molecule has 3 heterocycles. The standard InChI is InChI=1S/C19H25NO4S2/c1-19(2,3)24-18(23)20-8-6-12(7-9-20)4-5-13-10-14-15(25-13)11-16(26-14)17(21)22/h10-12H,4-9H2,1-3H3,(H,21,22). The second kappa shape index (κ2) is 7.56. The normalized spacial score (nSPS) is 16.2. The highest BCUT2D eigenvalue weighted by Gasteiger charge is 2.26. The lowest BCUT2D eigenvalue weighted by Crippen LogP contribution is -2.41. The highest BCUT2D eigenvalue weighted by atomic mass is 32.1. The smallest absolute Gasteiger partial charge is 0.410 e. The van der Waals surface area contributed by atoms with Crippen LogP contribution in [0.25, 0.3) is 9.40 Å². The van der Waals surface area contributed by atoms with Crippen LogP contribution in [0.3, 0.4) is 0 Å². The second-order valence-electron chi connectivity index (χ2n) is 7.81. The summed E-state index contributed by atoms with van der Waals surface area (Å²) in [6.45, 7) is 7.21. The van der Waals surface area contributed by atoms with E-state index in [0.717, 1.165) is 48.2 Å². The van der Waals surface area contributed by atoms with Crippen molar-refractivity contribution in [2.45, 2.75) is 52.1 Å². The second-order valence-corrected chi connectivity index (χ2v) is 10.1. The van der Waals surface area contributed by atoms with E-state index in [0.29, 0.717) is 10.8 Å². The SMILES string of the molecule is CC(C)(C)OC(=O)N1CCC(CCc2cc3sc(C(=O)O)cc3s2)CC1. The predicted molar refractivity (Wildman–Crippen MR) is 106 cm³/mol. The molecule has 1 amide bonds. The van der Waals surface area contributed by atoms with Crippen LogP contribution in [0.5, 0.6) is 0 Å². The van der Waals surface area contributed by atoms with E-state index in [-0.39, 0.29) is 6.09 Å². The zero-order chi connectivity index (χ0) is 18.9. The molecule has 1 saturated heterocycles. The van der Waals surface area contributed by atoms with Crippen LogP contribution in [0.1, 0.15) is 54.6 Å². The molecule has 2 aromatic rings. The van der Waals surface area contributed by atoms with Crippen molar-refractivity contribution in [3.63, 3.8) is 0 Å². The lowest BCUT2D eigenvalue weighted by atomic mass is 9.92. The third kappa shape index (κ3) is 4.76. The Morgan fingerprint density at radius 3 is 2.42 bits per heavy atom. The molecule has 7 heteroatoms. The van der Waals surface area contributed by atoms with Crippen molar-refractivity contribution in [3.8, 4) is 0 Å². The van der Waals surface area contributed by atoms with Crippen LogP contribution in [-0.4, -0.2) is 40.8 Å². The average Bonchev–Trinajstić information content (AvgIpc) is 3.10. The number of aryl methyl sites for hydroxylation is 1. The zero-order valence-electron chi connectivity index (χ0n) is 15.4. The first-order valence-electron chi connectivity index (χ1n) is 8.95. The topological polar surface area (TPSA) is 66.8 Å². The van der Waals surface area contributed by atoms with Crippen molar-refractivity contribution in [2.24, 2.45) is 5.92 Å². The van der Waals surface area contributed by atoms with Gasteiger partial charge in [-0.2, -0.15) is 0 Å². The number of amides is 1. The highest BCUT2D eigenvalue weighted by molar-refractivity contribution is 7.28. The maximum Gasteiger partial charge on any atom is 0.410 e. The van der Waals surface area contributed by atoms with E-state index in [1.54, 1.807) is 17.4 Å². The molecule has 0 bridgehead atoms. The Balaban J connectivity index is 1.47. The Morgan fingerprint density at radius 1 is 1.19 bits per heavy atom. The van der Waals surface area contributed by atoms with Crippen LogP contribution < -0.4 is 0 Å². The molecule has 0 aromatic carbocycles. The minimum Gasteiger partial charge on any atom is -0.477 e. The largest absolute Gasteiger partial charge is 0.477 e. The maximum absolute atomic E-state index is 12.1. The monoisotopic (exact) mass is 395 g/mol. The van der Waals surface area contributed by atoms with Gasteiger partial charge in [-0.25, -0.2) is 9.59 Å². The highest BCUT2D eigenvalue weighted by Crippen LogP contribution is 2.34. The first-order valence-corrected chi connectivity index (χ1v) is 10.6. The molecule has 0 saturated carbocycles. The first kappa shape index (κ1) is 19.2. The van der Waals surface area contributed by atoms with Gasteiger partial charge in [0.1, 0.15) is 10.5 Å². The van der Waals surface area contributed by atoms with Gasteiger partial charge in [-0.3, -0.25) is 0 Å². The van der Waals surface area contributed by atoms with Crippen LogP contribution in [0.2, 0.25) is 0 Å². The molecule has 0 atom stereocenters. The van der Waals surface area contributed by atoms with Crippen LogP contribution in [0.4, 0.5) is 4.79 Å². The van der Waals surface area contributed by atoms with Crippen molar-refractivity contribution < 1.29 is 19.4 Å². The summed E-state index contributed by atoms with van der Waals surface area (Å²) in [6.07, 6.45) is 3.96. The summed E-state index contributed by atoms with van der Waals surface area (Å²) >= 11 is 3.05. The molecule has 1 aliphatic rings. The van der Waals surface area contributed by atoms with E-state index in [1.165, 1.54) is 16.2 Å². The van der Waals surface area contributed by atoms with Crippen LogP contribution in [0, 0.1) is 5.92 Å². The number of fused-ring (bicyclic) bond motifs is 1. The van der Waals surface area contributed by atoms with E-state index < -0.39 is 11.6 Å². The number of likely N-dealkylation sites (tertiary alicyclic amines) is 1. The number of ether oxygens (including phenoxy) is 1. The maximum atomic E-state index is 12.1. The minimum absolute atomic E-state index is 0.205. The molecule has 0 radical (unpaired) electrons. The molecule has 26 heavy (non-hydrogen) atoms. The molecular weight excluding hydrogens is 370 g/mol. The Kier molecular flexibility index (Phi) is 5.58. The summed E-state index contributed by atoms with van der Waals surface area (Å²) in [4.78, 5) is 26.7. The van der Waals surface area contributed by atoms with Gasteiger partial charge in [-0.15, -0.1) is 22.7 Å². The van der Waals surface area contributed by atoms with Gasteiger partial charge >= 0.3 is 12.1 Å². The summed E-state index contributed by atoms with van der Waals surface area (Å²) in [7, 11) is 0. The number of hydrogen-bond acceptors (Lipinski definition) is 5. The van der Waals surface area contributed by atoms with E-state index in [4.69, 9.17) is 9.84 Å². The molecule has 2 aromatic heterocycles. The molecular formula is C19H25NO4S2. The number of rotatable bonds is 4. The molecule has 0 unspecified atom stereocenters. The Morgan fingerprint density at radius 2 is 1.85 bits per heavy atom. The molecule has 3 rings (SSSR count). The Bertz CT molecular complexity index is 763. The summed E-state index contributed by atoms with van der Waals surface area (Å²) in [5, 5.41) is 9.05. The fourth-order valence-corrected chi connectivity index (χ4v) is 5.47. The number of carbonyl (C=O) groups is 2. The lowest BCUT2D eigenvalue weighted by molar-refractivity contribution is 0.0181. The van der Waals surface area contributed by atoms with E-state index >= 15 is 0 Å². The molecule has 142 valence electrons. The van der Waals surface area contributed by atoms with Crippen molar-refractivity contribution in [2.75, 3.05) is 13.1 Å². The molecule has 1 aliphatic heterocycles. The molecule has 0 aliphatic carbocycles. The van der Waals surface area contributed by atoms with Gasteiger partial charge in [0.15, 0.2) is 0 Å². The number of aromatic carboxylic acids is 1. The van der Waals surface area contributed by atoms with Gasteiger partial charge in [0, 0.05) is 27.4 Å². The molecule has 0 spiro atoms. The number of carbonyl (C=O) groups excluding carboxylic acids is 1.